The van der Waals surface area contributed by atoms with Gasteiger partial charge in [0.1, 0.15) is 5.66 Å². The third-order valence-corrected chi connectivity index (χ3v) is 3.47. The van der Waals surface area contributed by atoms with E-state index in [9.17, 15) is 0 Å². The zero-order valence-corrected chi connectivity index (χ0v) is 12.1. The second kappa shape index (κ2) is 5.24. The number of para-hydroxylation sites is 1. The third-order valence-electron chi connectivity index (χ3n) is 3.18. The first kappa shape index (κ1) is 13.3. The molecule has 1 atom stereocenters. The molecule has 1 heterocycles. The molecule has 0 amide bonds. The summed E-state index contributed by atoms with van der Waals surface area (Å²) >= 11 is 5.40. The van der Waals surface area contributed by atoms with Gasteiger partial charge in [-0.2, -0.15) is 0 Å². The third kappa shape index (κ3) is 3.00. The maximum Gasteiger partial charge on any atom is 0.189 e. The molecule has 0 radical (unpaired) electrons. The topological polar surface area (TPSA) is 27.3 Å². The van der Waals surface area contributed by atoms with Crippen LogP contribution in [0.5, 0.6) is 0 Å². The Morgan fingerprint density at radius 2 is 1.94 bits per heavy atom. The molecule has 1 aliphatic rings. The Balaban J connectivity index is 2.07. The lowest BCUT2D eigenvalue weighted by atomic mass is 10.0. The van der Waals surface area contributed by atoms with Crippen LogP contribution in [0.3, 0.4) is 0 Å². The number of benzene rings is 1. The van der Waals surface area contributed by atoms with Gasteiger partial charge in [0.05, 0.1) is 5.69 Å². The van der Waals surface area contributed by atoms with Crippen LogP contribution in [0.15, 0.2) is 30.3 Å². The summed E-state index contributed by atoms with van der Waals surface area (Å²) in [4.78, 5) is 0. The monoisotopic (exact) mass is 263 g/mol. The van der Waals surface area contributed by atoms with Crippen LogP contribution < -0.4 is 15.8 Å². The average molecular weight is 263 g/mol. The van der Waals surface area contributed by atoms with E-state index in [1.54, 1.807) is 0 Å². The summed E-state index contributed by atoms with van der Waals surface area (Å²) in [6.45, 7) is 6.64. The van der Waals surface area contributed by atoms with Crippen molar-refractivity contribution in [1.82, 2.24) is 10.7 Å². The van der Waals surface area contributed by atoms with Crippen LogP contribution >= 0.6 is 12.2 Å². The smallest absolute Gasteiger partial charge is 0.189 e. The fourth-order valence-corrected chi connectivity index (χ4v) is 2.45. The zero-order valence-electron chi connectivity index (χ0n) is 11.2. The number of hydrogen-bond acceptors (Lipinski definition) is 2. The minimum Gasteiger partial charge on any atom is -0.342 e. The second-order valence-electron chi connectivity index (χ2n) is 5.48. The molecule has 3 nitrogen and oxygen atoms in total. The fourth-order valence-electron chi connectivity index (χ4n) is 2.07. The molecule has 0 aliphatic carbocycles. The Hall–Kier alpha value is -1.13. The second-order valence-corrected chi connectivity index (χ2v) is 5.86. The van der Waals surface area contributed by atoms with Gasteiger partial charge in [0.15, 0.2) is 5.11 Å². The van der Waals surface area contributed by atoms with E-state index in [4.69, 9.17) is 12.2 Å². The average Bonchev–Trinajstić information content (AvgIpc) is 2.64. The molecule has 98 valence electrons. The maximum atomic E-state index is 5.40. The van der Waals surface area contributed by atoms with E-state index in [-0.39, 0.29) is 5.66 Å². The molecule has 18 heavy (non-hydrogen) atoms. The molecule has 0 unspecified atom stereocenters. The SMILES string of the molecule is CC(C)CC[C@@]1(C)NC(=S)N(c2ccccc2)N1. The molecule has 2 rings (SSSR count). The lowest BCUT2D eigenvalue weighted by Gasteiger charge is -2.26. The number of nitrogens with zero attached hydrogens (tertiary/aromatic N) is 1. The van der Waals surface area contributed by atoms with Crippen molar-refractivity contribution in [3.63, 3.8) is 0 Å². The van der Waals surface area contributed by atoms with Gasteiger partial charge in [-0.3, -0.25) is 5.01 Å². The van der Waals surface area contributed by atoms with Gasteiger partial charge in [0.25, 0.3) is 0 Å². The van der Waals surface area contributed by atoms with Crippen LogP contribution in [0.25, 0.3) is 0 Å². The Morgan fingerprint density at radius 3 is 2.56 bits per heavy atom. The van der Waals surface area contributed by atoms with Crippen LogP contribution in [0, 0.1) is 5.92 Å². The maximum absolute atomic E-state index is 5.40. The van der Waals surface area contributed by atoms with Crippen molar-refractivity contribution in [2.45, 2.75) is 39.3 Å². The normalized spacial score (nSPS) is 23.6. The van der Waals surface area contributed by atoms with Crippen LogP contribution in [0.2, 0.25) is 0 Å². The summed E-state index contributed by atoms with van der Waals surface area (Å²) < 4.78 is 0. The number of hydrogen-bond donors (Lipinski definition) is 2. The van der Waals surface area contributed by atoms with Crippen LogP contribution in [-0.2, 0) is 0 Å². The van der Waals surface area contributed by atoms with Crippen molar-refractivity contribution in [3.8, 4) is 0 Å². The molecular weight excluding hydrogens is 242 g/mol. The van der Waals surface area contributed by atoms with Crippen LogP contribution in [0.1, 0.15) is 33.6 Å². The lowest BCUT2D eigenvalue weighted by molar-refractivity contribution is 0.318. The van der Waals surface area contributed by atoms with Gasteiger partial charge in [-0.05, 0) is 50.0 Å². The summed E-state index contributed by atoms with van der Waals surface area (Å²) in [5, 5.41) is 6.08. The summed E-state index contributed by atoms with van der Waals surface area (Å²) in [5.74, 6) is 0.699. The van der Waals surface area contributed by atoms with Gasteiger partial charge in [-0.25, -0.2) is 5.43 Å². The predicted molar refractivity (Wildman–Crippen MR) is 80.3 cm³/mol. The highest BCUT2D eigenvalue weighted by atomic mass is 32.1. The van der Waals surface area contributed by atoms with Crippen LogP contribution in [-0.4, -0.2) is 10.8 Å². The predicted octanol–water partition coefficient (Wildman–Crippen LogP) is 3.04. The number of thiocarbonyl (C=S) groups is 1. The minimum atomic E-state index is -0.142. The zero-order chi connectivity index (χ0) is 13.2. The van der Waals surface area contributed by atoms with E-state index in [2.05, 4.69) is 43.6 Å². The summed E-state index contributed by atoms with van der Waals surface area (Å²) in [5.41, 5.74) is 4.40. The Morgan fingerprint density at radius 1 is 1.28 bits per heavy atom. The van der Waals surface area contributed by atoms with Crippen molar-refractivity contribution in [1.29, 1.82) is 0 Å². The van der Waals surface area contributed by atoms with Crippen molar-refractivity contribution in [3.05, 3.63) is 30.3 Å². The molecule has 1 aromatic carbocycles. The van der Waals surface area contributed by atoms with Gasteiger partial charge in [0.2, 0.25) is 0 Å². The highest BCUT2D eigenvalue weighted by molar-refractivity contribution is 7.80. The first-order valence-electron chi connectivity index (χ1n) is 6.45. The van der Waals surface area contributed by atoms with Gasteiger partial charge in [-0.15, -0.1) is 0 Å². The number of anilines is 1. The van der Waals surface area contributed by atoms with Gasteiger partial charge in [0, 0.05) is 0 Å². The van der Waals surface area contributed by atoms with E-state index in [0.29, 0.717) is 5.92 Å². The molecule has 2 N–H and O–H groups in total. The molecule has 1 aliphatic heterocycles. The Kier molecular flexibility index (Phi) is 3.88. The van der Waals surface area contributed by atoms with E-state index in [1.807, 2.05) is 23.2 Å². The Labute approximate surface area is 115 Å². The molecule has 1 aromatic rings. The summed E-state index contributed by atoms with van der Waals surface area (Å²) in [7, 11) is 0. The minimum absolute atomic E-state index is 0.142. The van der Waals surface area contributed by atoms with E-state index < -0.39 is 0 Å². The molecule has 0 spiro atoms. The van der Waals surface area contributed by atoms with Crippen molar-refractivity contribution < 1.29 is 0 Å². The van der Waals surface area contributed by atoms with E-state index in [0.717, 1.165) is 17.2 Å². The molecule has 4 heteroatoms. The summed E-state index contributed by atoms with van der Waals surface area (Å²) in [6.07, 6.45) is 2.22. The van der Waals surface area contributed by atoms with Crippen molar-refractivity contribution >= 4 is 23.0 Å². The number of nitrogens with one attached hydrogen (secondary N) is 2. The first-order chi connectivity index (χ1) is 8.50. The molecule has 0 aromatic heterocycles. The molecule has 1 saturated heterocycles. The number of rotatable bonds is 4. The highest BCUT2D eigenvalue weighted by Gasteiger charge is 2.36. The number of hydrazine groups is 1. The molecular formula is C14H21N3S. The van der Waals surface area contributed by atoms with Crippen molar-refractivity contribution in [2.75, 3.05) is 5.01 Å². The fraction of sp³-hybridized carbons (Fsp3) is 0.500. The van der Waals surface area contributed by atoms with Gasteiger partial charge >= 0.3 is 0 Å². The standard InChI is InChI=1S/C14H21N3S/c1-11(2)9-10-14(3)15-13(18)17(16-14)12-7-5-4-6-8-12/h4-8,11,16H,9-10H2,1-3H3,(H,15,18)/t14-/m0/s1. The van der Waals surface area contributed by atoms with Gasteiger partial charge in [-0.1, -0.05) is 32.0 Å². The largest absolute Gasteiger partial charge is 0.342 e. The molecule has 0 saturated carbocycles. The van der Waals surface area contributed by atoms with Crippen molar-refractivity contribution in [2.24, 2.45) is 5.92 Å². The summed E-state index contributed by atoms with van der Waals surface area (Å²) in [6, 6.07) is 10.1. The highest BCUT2D eigenvalue weighted by Crippen LogP contribution is 2.23. The first-order valence-corrected chi connectivity index (χ1v) is 6.86. The van der Waals surface area contributed by atoms with E-state index in [1.165, 1.54) is 6.42 Å². The van der Waals surface area contributed by atoms with Crippen LogP contribution in [0.4, 0.5) is 5.69 Å². The lowest BCUT2D eigenvalue weighted by Crippen LogP contribution is -2.48. The van der Waals surface area contributed by atoms with E-state index >= 15 is 0 Å². The quantitative estimate of drug-likeness (QED) is 0.817. The Bertz CT molecular complexity index is 418. The van der Waals surface area contributed by atoms with Gasteiger partial charge < -0.3 is 5.32 Å². The molecule has 1 fully saturated rings. The molecule has 0 bridgehead atoms.